The van der Waals surface area contributed by atoms with E-state index in [9.17, 15) is 5.26 Å². The molecule has 0 amide bonds. The molecule has 0 N–H and O–H groups in total. The molecule has 2 heterocycles. The highest BCUT2D eigenvalue weighted by molar-refractivity contribution is 6.14. The zero-order chi connectivity index (χ0) is 20.8. The summed E-state index contributed by atoms with van der Waals surface area (Å²) < 4.78 is 8.85. The molecule has 0 spiro atoms. The number of hydrogen-bond acceptors (Lipinski definition) is 2. The van der Waals surface area contributed by atoms with Gasteiger partial charge in [0.25, 0.3) is 0 Å². The van der Waals surface area contributed by atoms with Gasteiger partial charge in [-0.05, 0) is 61.4 Å². The summed E-state index contributed by atoms with van der Waals surface area (Å²) in [5, 5.41) is 12.0. The van der Waals surface area contributed by atoms with E-state index < -0.39 is 0 Å². The van der Waals surface area contributed by atoms with Gasteiger partial charge in [0.2, 0.25) is 5.69 Å². The molecule has 1 aliphatic carbocycles. The second kappa shape index (κ2) is 7.29. The Labute approximate surface area is 177 Å². The lowest BCUT2D eigenvalue weighted by Crippen LogP contribution is -2.30. The Morgan fingerprint density at radius 1 is 0.967 bits per heavy atom. The van der Waals surface area contributed by atoms with Gasteiger partial charge >= 0.3 is 0 Å². The number of aryl methyl sites for hydroxylation is 3. The van der Waals surface area contributed by atoms with E-state index in [-0.39, 0.29) is 0 Å². The standard InChI is InChI=1S/C27H27N2O/c1-17-15-18(2)24-25-20(16-28)12-13-21(19-9-5-4-6-10-19)26(25)30-27(24)23(17)22-11-7-8-14-29(22)3/h7-8,11-15,19H,4-6,9-10H2,1-3H3/q+1. The van der Waals surface area contributed by atoms with Crippen molar-refractivity contribution < 1.29 is 8.98 Å². The van der Waals surface area contributed by atoms with Gasteiger partial charge in [0, 0.05) is 22.9 Å². The third kappa shape index (κ3) is 2.82. The number of benzene rings is 2. The van der Waals surface area contributed by atoms with Crippen LogP contribution in [-0.4, -0.2) is 0 Å². The summed E-state index contributed by atoms with van der Waals surface area (Å²) in [7, 11) is 2.07. The van der Waals surface area contributed by atoms with E-state index in [1.54, 1.807) is 0 Å². The molecule has 0 saturated heterocycles. The lowest BCUT2D eigenvalue weighted by atomic mass is 9.83. The van der Waals surface area contributed by atoms with Gasteiger partial charge in [-0.25, -0.2) is 4.57 Å². The zero-order valence-electron chi connectivity index (χ0n) is 18.0. The highest BCUT2D eigenvalue weighted by Crippen LogP contribution is 2.44. The summed E-state index contributed by atoms with van der Waals surface area (Å²) in [5.41, 5.74) is 8.41. The Morgan fingerprint density at radius 2 is 1.77 bits per heavy atom. The molecule has 0 unspecified atom stereocenters. The monoisotopic (exact) mass is 395 g/mol. The third-order valence-corrected chi connectivity index (χ3v) is 6.79. The van der Waals surface area contributed by atoms with E-state index in [0.717, 1.165) is 33.2 Å². The van der Waals surface area contributed by atoms with Crippen molar-refractivity contribution in [3.05, 3.63) is 64.8 Å². The van der Waals surface area contributed by atoms with Crippen LogP contribution in [0.2, 0.25) is 0 Å². The predicted molar refractivity (Wildman–Crippen MR) is 120 cm³/mol. The maximum absolute atomic E-state index is 9.89. The van der Waals surface area contributed by atoms with Crippen LogP contribution in [0.25, 0.3) is 33.2 Å². The van der Waals surface area contributed by atoms with Gasteiger partial charge in [0.15, 0.2) is 6.20 Å². The third-order valence-electron chi connectivity index (χ3n) is 6.79. The summed E-state index contributed by atoms with van der Waals surface area (Å²) in [5.74, 6) is 0.521. The zero-order valence-corrected chi connectivity index (χ0v) is 18.0. The fourth-order valence-corrected chi connectivity index (χ4v) is 5.35. The smallest absolute Gasteiger partial charge is 0.216 e. The van der Waals surface area contributed by atoms with E-state index in [4.69, 9.17) is 4.42 Å². The Balaban J connectivity index is 1.91. The Morgan fingerprint density at radius 3 is 2.50 bits per heavy atom. The molecule has 1 fully saturated rings. The molecule has 0 atom stereocenters. The minimum atomic E-state index is 0.521. The van der Waals surface area contributed by atoms with Gasteiger partial charge < -0.3 is 4.42 Å². The molecular weight excluding hydrogens is 368 g/mol. The molecule has 1 aliphatic rings. The summed E-state index contributed by atoms with van der Waals surface area (Å²) in [6.45, 7) is 4.28. The maximum atomic E-state index is 9.89. The average molecular weight is 396 g/mol. The molecule has 4 aromatic rings. The second-order valence-electron chi connectivity index (χ2n) is 8.74. The fraction of sp³-hybridized carbons (Fsp3) is 0.333. The normalized spacial score (nSPS) is 15.0. The van der Waals surface area contributed by atoms with Crippen molar-refractivity contribution in [2.24, 2.45) is 7.05 Å². The van der Waals surface area contributed by atoms with Gasteiger partial charge in [-0.1, -0.05) is 31.4 Å². The minimum Gasteiger partial charge on any atom is -0.455 e. The molecule has 3 nitrogen and oxygen atoms in total. The SMILES string of the molecule is Cc1cc(C)c2c(oc3c(C4CCCCC4)ccc(C#N)c32)c1-c1cccc[n+]1C. The topological polar surface area (TPSA) is 40.8 Å². The number of fused-ring (bicyclic) bond motifs is 3. The van der Waals surface area contributed by atoms with Crippen molar-refractivity contribution in [3.8, 4) is 17.3 Å². The molecule has 2 aromatic carbocycles. The number of furan rings is 1. The molecule has 3 heteroatoms. The largest absolute Gasteiger partial charge is 0.455 e. The second-order valence-corrected chi connectivity index (χ2v) is 8.74. The van der Waals surface area contributed by atoms with Gasteiger partial charge in [-0.15, -0.1) is 0 Å². The number of hydrogen-bond donors (Lipinski definition) is 0. The first-order chi connectivity index (χ1) is 14.6. The highest BCUT2D eigenvalue weighted by atomic mass is 16.3. The van der Waals surface area contributed by atoms with Crippen molar-refractivity contribution in [1.29, 1.82) is 5.26 Å². The Bertz CT molecular complexity index is 1320. The summed E-state index contributed by atoms with van der Waals surface area (Å²) in [6, 6.07) is 15.0. The number of rotatable bonds is 2. The highest BCUT2D eigenvalue weighted by Gasteiger charge is 2.26. The maximum Gasteiger partial charge on any atom is 0.216 e. The molecule has 0 bridgehead atoms. The average Bonchev–Trinajstić information content (AvgIpc) is 3.16. The van der Waals surface area contributed by atoms with Crippen molar-refractivity contribution >= 4 is 21.9 Å². The van der Waals surface area contributed by atoms with Crippen molar-refractivity contribution in [2.75, 3.05) is 0 Å². The Kier molecular flexibility index (Phi) is 4.59. The van der Waals surface area contributed by atoms with Gasteiger partial charge in [-0.2, -0.15) is 5.26 Å². The summed E-state index contributed by atoms with van der Waals surface area (Å²) in [4.78, 5) is 0. The fourth-order valence-electron chi connectivity index (χ4n) is 5.35. The molecule has 0 aliphatic heterocycles. The predicted octanol–water partition coefficient (Wildman–Crippen LogP) is 6.61. The van der Waals surface area contributed by atoms with Crippen LogP contribution in [0.4, 0.5) is 0 Å². The van der Waals surface area contributed by atoms with Crippen LogP contribution in [0, 0.1) is 25.2 Å². The van der Waals surface area contributed by atoms with Crippen molar-refractivity contribution in [1.82, 2.24) is 0 Å². The molecular formula is C27H27N2O+. The molecule has 150 valence electrons. The van der Waals surface area contributed by atoms with E-state index in [1.165, 1.54) is 48.8 Å². The summed E-state index contributed by atoms with van der Waals surface area (Å²) >= 11 is 0. The van der Waals surface area contributed by atoms with E-state index in [0.29, 0.717) is 11.5 Å². The van der Waals surface area contributed by atoms with Crippen LogP contribution >= 0.6 is 0 Å². The van der Waals surface area contributed by atoms with Crippen LogP contribution < -0.4 is 4.57 Å². The first kappa shape index (κ1) is 18.9. The molecule has 5 rings (SSSR count). The molecule has 2 aromatic heterocycles. The number of nitrogens with zero attached hydrogens (tertiary/aromatic N) is 2. The number of nitriles is 1. The van der Waals surface area contributed by atoms with Crippen LogP contribution in [0.1, 0.15) is 60.3 Å². The Hall–Kier alpha value is -3.12. The van der Waals surface area contributed by atoms with Crippen molar-refractivity contribution in [3.63, 3.8) is 0 Å². The number of aromatic nitrogens is 1. The van der Waals surface area contributed by atoms with Gasteiger partial charge in [0.1, 0.15) is 18.2 Å². The first-order valence-electron chi connectivity index (χ1n) is 10.9. The molecule has 30 heavy (non-hydrogen) atoms. The number of pyridine rings is 1. The van der Waals surface area contributed by atoms with E-state index in [1.807, 2.05) is 12.1 Å². The van der Waals surface area contributed by atoms with Crippen LogP contribution in [0.15, 0.2) is 47.0 Å². The molecule has 1 saturated carbocycles. The lowest BCUT2D eigenvalue weighted by molar-refractivity contribution is -0.660. The van der Waals surface area contributed by atoms with Crippen LogP contribution in [-0.2, 0) is 7.05 Å². The quantitative estimate of drug-likeness (QED) is 0.358. The van der Waals surface area contributed by atoms with Crippen LogP contribution in [0.5, 0.6) is 0 Å². The lowest BCUT2D eigenvalue weighted by Gasteiger charge is -2.22. The van der Waals surface area contributed by atoms with E-state index >= 15 is 0 Å². The van der Waals surface area contributed by atoms with E-state index in [2.05, 4.69) is 62.0 Å². The first-order valence-corrected chi connectivity index (χ1v) is 10.9. The van der Waals surface area contributed by atoms with Crippen LogP contribution in [0.3, 0.4) is 0 Å². The molecule has 0 radical (unpaired) electrons. The summed E-state index contributed by atoms with van der Waals surface area (Å²) in [6.07, 6.45) is 8.35. The van der Waals surface area contributed by atoms with Gasteiger partial charge in [0.05, 0.1) is 17.2 Å². The van der Waals surface area contributed by atoms with Crippen molar-refractivity contribution in [2.45, 2.75) is 51.9 Å². The minimum absolute atomic E-state index is 0.521. The van der Waals surface area contributed by atoms with Gasteiger partial charge in [-0.3, -0.25) is 0 Å².